The van der Waals surface area contributed by atoms with Crippen molar-refractivity contribution in [3.8, 4) is 16.9 Å². The van der Waals surface area contributed by atoms with Gasteiger partial charge >= 0.3 is 0 Å². The van der Waals surface area contributed by atoms with Crippen LogP contribution in [0.25, 0.3) is 11.1 Å². The number of carbonyl (C=O) groups excluding carboxylic acids is 1. The van der Waals surface area contributed by atoms with Crippen LogP contribution in [-0.2, 0) is 6.42 Å². The van der Waals surface area contributed by atoms with Gasteiger partial charge in [0.1, 0.15) is 5.75 Å². The molecular formula is C17H20N2O2. The van der Waals surface area contributed by atoms with Crippen LogP contribution in [0.4, 0.5) is 0 Å². The maximum atomic E-state index is 12.0. The number of benzene rings is 2. The highest BCUT2D eigenvalue weighted by Gasteiger charge is 2.11. The Morgan fingerprint density at radius 3 is 2.62 bits per heavy atom. The van der Waals surface area contributed by atoms with Gasteiger partial charge in [0.15, 0.2) is 0 Å². The monoisotopic (exact) mass is 284 g/mol. The van der Waals surface area contributed by atoms with Gasteiger partial charge in [-0.3, -0.25) is 4.79 Å². The predicted molar refractivity (Wildman–Crippen MR) is 84.3 cm³/mol. The fraction of sp³-hybridized carbons (Fsp3) is 0.235. The Labute approximate surface area is 124 Å². The molecule has 0 aliphatic heterocycles. The lowest BCUT2D eigenvalue weighted by Crippen LogP contribution is -2.21. The largest absolute Gasteiger partial charge is 0.507 e. The van der Waals surface area contributed by atoms with Crippen LogP contribution < -0.4 is 5.73 Å². The van der Waals surface area contributed by atoms with E-state index in [1.807, 2.05) is 24.3 Å². The van der Waals surface area contributed by atoms with E-state index in [4.69, 9.17) is 5.73 Å². The molecule has 0 saturated carbocycles. The Bertz CT molecular complexity index is 651. The molecule has 4 heteroatoms. The molecule has 0 spiro atoms. The van der Waals surface area contributed by atoms with Crippen molar-refractivity contribution in [3.05, 3.63) is 53.6 Å². The molecule has 1 amide bonds. The standard InChI is InChI=1S/C17H20N2O2/c1-19(2)17(21)14-5-3-4-13(11-14)15-10-12(8-9-18)6-7-16(15)20/h3-7,10-11,20H,8-9,18H2,1-2H3. The Hall–Kier alpha value is -2.33. The van der Waals surface area contributed by atoms with Gasteiger partial charge in [-0.05, 0) is 48.4 Å². The van der Waals surface area contributed by atoms with Crippen molar-refractivity contribution in [1.82, 2.24) is 4.90 Å². The summed E-state index contributed by atoms with van der Waals surface area (Å²) in [6.45, 7) is 0.559. The number of phenols is 1. The number of hydrogen-bond acceptors (Lipinski definition) is 3. The van der Waals surface area contributed by atoms with E-state index in [1.165, 1.54) is 4.90 Å². The summed E-state index contributed by atoms with van der Waals surface area (Å²) in [6.07, 6.45) is 0.754. The minimum absolute atomic E-state index is 0.0607. The summed E-state index contributed by atoms with van der Waals surface area (Å²) in [4.78, 5) is 13.6. The van der Waals surface area contributed by atoms with Crippen molar-refractivity contribution in [2.24, 2.45) is 5.73 Å². The first kappa shape index (κ1) is 15.1. The molecule has 0 radical (unpaired) electrons. The van der Waals surface area contributed by atoms with Gasteiger partial charge in [0, 0.05) is 25.2 Å². The van der Waals surface area contributed by atoms with Gasteiger partial charge in [0.05, 0.1) is 0 Å². The van der Waals surface area contributed by atoms with Crippen molar-refractivity contribution >= 4 is 5.91 Å². The molecule has 0 heterocycles. The second kappa shape index (κ2) is 6.41. The van der Waals surface area contributed by atoms with Crippen molar-refractivity contribution in [2.75, 3.05) is 20.6 Å². The molecule has 3 N–H and O–H groups in total. The molecular weight excluding hydrogens is 264 g/mol. The Kier molecular flexibility index (Phi) is 4.60. The van der Waals surface area contributed by atoms with E-state index in [2.05, 4.69) is 0 Å². The van der Waals surface area contributed by atoms with Crippen molar-refractivity contribution in [2.45, 2.75) is 6.42 Å². The molecule has 0 aliphatic carbocycles. The van der Waals surface area contributed by atoms with Crippen LogP contribution >= 0.6 is 0 Å². The van der Waals surface area contributed by atoms with Crippen LogP contribution in [0.1, 0.15) is 15.9 Å². The maximum absolute atomic E-state index is 12.0. The lowest BCUT2D eigenvalue weighted by atomic mass is 9.98. The fourth-order valence-electron chi connectivity index (χ4n) is 2.21. The SMILES string of the molecule is CN(C)C(=O)c1cccc(-c2cc(CCN)ccc2O)c1. The molecule has 2 aromatic carbocycles. The molecule has 0 saturated heterocycles. The first-order valence-electron chi connectivity index (χ1n) is 6.87. The van der Waals surface area contributed by atoms with Crippen molar-refractivity contribution in [1.29, 1.82) is 0 Å². The summed E-state index contributed by atoms with van der Waals surface area (Å²) >= 11 is 0. The molecule has 0 fully saturated rings. The first-order valence-corrected chi connectivity index (χ1v) is 6.87. The summed E-state index contributed by atoms with van der Waals surface area (Å²) in [6, 6.07) is 12.7. The van der Waals surface area contributed by atoms with E-state index in [9.17, 15) is 9.90 Å². The van der Waals surface area contributed by atoms with Gasteiger partial charge in [-0.15, -0.1) is 0 Å². The van der Waals surface area contributed by atoms with Gasteiger partial charge in [0.2, 0.25) is 0 Å². The summed E-state index contributed by atoms with van der Waals surface area (Å²) in [7, 11) is 3.43. The van der Waals surface area contributed by atoms with Crippen LogP contribution in [-0.4, -0.2) is 36.6 Å². The minimum Gasteiger partial charge on any atom is -0.507 e. The first-order chi connectivity index (χ1) is 10.0. The highest BCUT2D eigenvalue weighted by Crippen LogP contribution is 2.30. The lowest BCUT2D eigenvalue weighted by Gasteiger charge is -2.12. The van der Waals surface area contributed by atoms with Gasteiger partial charge in [-0.25, -0.2) is 0 Å². The van der Waals surface area contributed by atoms with Crippen LogP contribution in [0.15, 0.2) is 42.5 Å². The minimum atomic E-state index is -0.0607. The molecule has 2 aromatic rings. The zero-order chi connectivity index (χ0) is 15.4. The second-order valence-corrected chi connectivity index (χ2v) is 5.17. The van der Waals surface area contributed by atoms with Crippen LogP contribution in [0, 0.1) is 0 Å². The lowest BCUT2D eigenvalue weighted by molar-refractivity contribution is 0.0827. The quantitative estimate of drug-likeness (QED) is 0.905. The Morgan fingerprint density at radius 2 is 1.95 bits per heavy atom. The average molecular weight is 284 g/mol. The average Bonchev–Trinajstić information content (AvgIpc) is 2.48. The molecule has 0 aliphatic rings. The molecule has 0 aromatic heterocycles. The van der Waals surface area contributed by atoms with Crippen LogP contribution in [0.5, 0.6) is 5.75 Å². The molecule has 0 atom stereocenters. The van der Waals surface area contributed by atoms with E-state index < -0.39 is 0 Å². The van der Waals surface area contributed by atoms with Gasteiger partial charge < -0.3 is 15.7 Å². The summed E-state index contributed by atoms with van der Waals surface area (Å²) < 4.78 is 0. The van der Waals surface area contributed by atoms with Crippen molar-refractivity contribution in [3.63, 3.8) is 0 Å². The third kappa shape index (κ3) is 3.41. The predicted octanol–water partition coefficient (Wildman–Crippen LogP) is 2.26. The zero-order valence-electron chi connectivity index (χ0n) is 12.3. The summed E-state index contributed by atoms with van der Waals surface area (Å²) in [5.74, 6) is 0.139. The third-order valence-electron chi connectivity index (χ3n) is 3.32. The number of nitrogens with zero attached hydrogens (tertiary/aromatic N) is 1. The number of carbonyl (C=O) groups is 1. The number of phenolic OH excluding ortho intramolecular Hbond substituents is 1. The molecule has 110 valence electrons. The number of amides is 1. The number of hydrogen-bond donors (Lipinski definition) is 2. The zero-order valence-corrected chi connectivity index (χ0v) is 12.3. The maximum Gasteiger partial charge on any atom is 0.253 e. The number of rotatable bonds is 4. The van der Waals surface area contributed by atoms with E-state index in [1.54, 1.807) is 32.3 Å². The number of aromatic hydroxyl groups is 1. The van der Waals surface area contributed by atoms with E-state index in [0.29, 0.717) is 17.7 Å². The van der Waals surface area contributed by atoms with Crippen LogP contribution in [0.3, 0.4) is 0 Å². The van der Waals surface area contributed by atoms with E-state index in [0.717, 1.165) is 17.5 Å². The molecule has 2 rings (SSSR count). The van der Waals surface area contributed by atoms with Gasteiger partial charge in [0.25, 0.3) is 5.91 Å². The van der Waals surface area contributed by atoms with Gasteiger partial charge in [-0.2, -0.15) is 0 Å². The molecule has 4 nitrogen and oxygen atoms in total. The highest BCUT2D eigenvalue weighted by atomic mass is 16.3. The van der Waals surface area contributed by atoms with Gasteiger partial charge in [-0.1, -0.05) is 18.2 Å². The summed E-state index contributed by atoms with van der Waals surface area (Å²) in [5, 5.41) is 10.1. The second-order valence-electron chi connectivity index (χ2n) is 5.17. The number of nitrogens with two attached hydrogens (primary N) is 1. The molecule has 0 bridgehead atoms. The smallest absolute Gasteiger partial charge is 0.253 e. The van der Waals surface area contributed by atoms with E-state index in [-0.39, 0.29) is 11.7 Å². The fourth-order valence-corrected chi connectivity index (χ4v) is 2.21. The topological polar surface area (TPSA) is 66.6 Å². The Morgan fingerprint density at radius 1 is 1.19 bits per heavy atom. The summed E-state index contributed by atoms with van der Waals surface area (Å²) in [5.41, 5.74) is 8.77. The molecule has 21 heavy (non-hydrogen) atoms. The third-order valence-corrected chi connectivity index (χ3v) is 3.32. The van der Waals surface area contributed by atoms with Crippen molar-refractivity contribution < 1.29 is 9.90 Å². The highest BCUT2D eigenvalue weighted by molar-refractivity contribution is 5.95. The van der Waals surface area contributed by atoms with E-state index >= 15 is 0 Å². The Balaban J connectivity index is 2.44. The van der Waals surface area contributed by atoms with Crippen LogP contribution in [0.2, 0.25) is 0 Å². The molecule has 0 unspecified atom stereocenters. The normalized spacial score (nSPS) is 10.4.